The molecule has 1 aliphatic carbocycles. The molecule has 1 saturated heterocycles. The van der Waals surface area contributed by atoms with Crippen LogP contribution in [0.25, 0.3) is 0 Å². The Bertz CT molecular complexity index is 323. The van der Waals surface area contributed by atoms with Crippen molar-refractivity contribution < 1.29 is 8.42 Å². The van der Waals surface area contributed by atoms with E-state index in [-0.39, 0.29) is 12.4 Å². The Morgan fingerprint density at radius 1 is 1.11 bits per heavy atom. The van der Waals surface area contributed by atoms with E-state index in [0.717, 1.165) is 25.8 Å². The SMILES string of the molecule is Cl.O=S(=O)(CC1CCCC1)NCC[C@H]1CCCN1. The molecule has 0 unspecified atom stereocenters. The third-order valence-electron chi connectivity index (χ3n) is 3.91. The zero-order chi connectivity index (χ0) is 12.1. The van der Waals surface area contributed by atoms with Crippen LogP contribution in [0.1, 0.15) is 44.9 Å². The maximum Gasteiger partial charge on any atom is 0.211 e. The first-order valence-corrected chi connectivity index (χ1v) is 8.52. The topological polar surface area (TPSA) is 58.2 Å². The highest BCUT2D eigenvalue weighted by molar-refractivity contribution is 7.89. The molecule has 2 aliphatic rings. The van der Waals surface area contributed by atoms with E-state index in [1.165, 1.54) is 25.7 Å². The van der Waals surface area contributed by atoms with E-state index < -0.39 is 10.0 Å². The minimum Gasteiger partial charge on any atom is -0.314 e. The highest BCUT2D eigenvalue weighted by atomic mass is 35.5. The molecule has 0 spiro atoms. The van der Waals surface area contributed by atoms with Gasteiger partial charge in [-0.15, -0.1) is 12.4 Å². The van der Waals surface area contributed by atoms with Crippen LogP contribution >= 0.6 is 12.4 Å². The second-order valence-corrected chi connectivity index (χ2v) is 7.26. The number of hydrogen-bond acceptors (Lipinski definition) is 3. The Balaban J connectivity index is 0.00000162. The fourth-order valence-electron chi connectivity index (χ4n) is 2.94. The van der Waals surface area contributed by atoms with Crippen molar-refractivity contribution in [1.29, 1.82) is 0 Å². The standard InChI is InChI=1S/C12H24N2O2S.ClH/c15-17(16,10-11-4-1-2-5-11)14-9-7-12-6-3-8-13-12;/h11-14H,1-10H2;1H/t12-;/m1./s1. The highest BCUT2D eigenvalue weighted by Gasteiger charge is 2.22. The fourth-order valence-corrected chi connectivity index (χ4v) is 4.44. The van der Waals surface area contributed by atoms with Gasteiger partial charge in [0.2, 0.25) is 10.0 Å². The quantitative estimate of drug-likeness (QED) is 0.784. The van der Waals surface area contributed by atoms with Gasteiger partial charge in [-0.3, -0.25) is 0 Å². The average molecular weight is 297 g/mol. The molecule has 0 aromatic heterocycles. The molecule has 0 radical (unpaired) electrons. The number of hydrogen-bond donors (Lipinski definition) is 2. The summed E-state index contributed by atoms with van der Waals surface area (Å²) in [6.45, 7) is 1.67. The molecule has 0 aromatic carbocycles. The molecule has 2 fully saturated rings. The van der Waals surface area contributed by atoms with Gasteiger partial charge < -0.3 is 5.32 Å². The van der Waals surface area contributed by atoms with Crippen LogP contribution in [0, 0.1) is 5.92 Å². The lowest BCUT2D eigenvalue weighted by molar-refractivity contribution is 0.526. The van der Waals surface area contributed by atoms with Crippen molar-refractivity contribution in [2.24, 2.45) is 5.92 Å². The summed E-state index contributed by atoms with van der Waals surface area (Å²) in [7, 11) is -3.03. The van der Waals surface area contributed by atoms with E-state index in [1.807, 2.05) is 0 Å². The van der Waals surface area contributed by atoms with Gasteiger partial charge in [-0.1, -0.05) is 12.8 Å². The second-order valence-electron chi connectivity index (χ2n) is 5.41. The van der Waals surface area contributed by atoms with Gasteiger partial charge in [0.15, 0.2) is 0 Å². The Morgan fingerprint density at radius 3 is 2.44 bits per heavy atom. The molecule has 2 rings (SSSR count). The summed E-state index contributed by atoms with van der Waals surface area (Å²) in [5.74, 6) is 0.738. The maximum absolute atomic E-state index is 11.8. The normalized spacial score (nSPS) is 25.2. The van der Waals surface area contributed by atoms with E-state index in [2.05, 4.69) is 10.0 Å². The fraction of sp³-hybridized carbons (Fsp3) is 1.00. The monoisotopic (exact) mass is 296 g/mol. The summed E-state index contributed by atoms with van der Waals surface area (Å²) in [6, 6.07) is 0.518. The van der Waals surface area contributed by atoms with Crippen LogP contribution in [-0.2, 0) is 10.0 Å². The molecule has 0 aromatic rings. The number of halogens is 1. The number of rotatable bonds is 6. The molecular formula is C12H25ClN2O2S. The van der Waals surface area contributed by atoms with Gasteiger partial charge in [0.05, 0.1) is 5.75 Å². The average Bonchev–Trinajstić information content (AvgIpc) is 2.89. The van der Waals surface area contributed by atoms with Gasteiger partial charge in [0.25, 0.3) is 0 Å². The van der Waals surface area contributed by atoms with E-state index in [9.17, 15) is 8.42 Å². The van der Waals surface area contributed by atoms with E-state index in [4.69, 9.17) is 0 Å². The minimum atomic E-state index is -3.03. The van der Waals surface area contributed by atoms with Crippen molar-refractivity contribution in [2.75, 3.05) is 18.8 Å². The summed E-state index contributed by atoms with van der Waals surface area (Å²) < 4.78 is 26.4. The summed E-state index contributed by atoms with van der Waals surface area (Å²) in [5, 5.41) is 3.38. The minimum absolute atomic E-state index is 0. The van der Waals surface area contributed by atoms with Gasteiger partial charge in [-0.25, -0.2) is 13.1 Å². The van der Waals surface area contributed by atoms with Crippen molar-refractivity contribution in [3.63, 3.8) is 0 Å². The number of nitrogens with one attached hydrogen (secondary N) is 2. The molecule has 108 valence electrons. The Kier molecular flexibility index (Phi) is 6.92. The van der Waals surface area contributed by atoms with Gasteiger partial charge in [0, 0.05) is 12.6 Å². The molecule has 4 nitrogen and oxygen atoms in total. The first-order valence-electron chi connectivity index (χ1n) is 6.86. The smallest absolute Gasteiger partial charge is 0.211 e. The molecule has 6 heteroatoms. The molecule has 1 heterocycles. The van der Waals surface area contributed by atoms with Gasteiger partial charge in [-0.2, -0.15) is 0 Å². The molecule has 18 heavy (non-hydrogen) atoms. The number of sulfonamides is 1. The summed E-state index contributed by atoms with van der Waals surface area (Å²) in [5.41, 5.74) is 0. The van der Waals surface area contributed by atoms with E-state index >= 15 is 0 Å². The van der Waals surface area contributed by atoms with Gasteiger partial charge in [0.1, 0.15) is 0 Å². The van der Waals surface area contributed by atoms with Crippen molar-refractivity contribution in [3.05, 3.63) is 0 Å². The van der Waals surface area contributed by atoms with Crippen LogP contribution in [0.15, 0.2) is 0 Å². The molecule has 0 bridgehead atoms. The lowest BCUT2D eigenvalue weighted by atomic mass is 10.1. The Labute approximate surface area is 117 Å². The Hall–Kier alpha value is 0.160. The van der Waals surface area contributed by atoms with Crippen molar-refractivity contribution >= 4 is 22.4 Å². The zero-order valence-electron chi connectivity index (χ0n) is 10.9. The summed E-state index contributed by atoms with van der Waals surface area (Å²) >= 11 is 0. The van der Waals surface area contributed by atoms with Crippen LogP contribution in [-0.4, -0.2) is 33.3 Å². The van der Waals surface area contributed by atoms with Crippen LogP contribution in [0.2, 0.25) is 0 Å². The summed E-state index contributed by atoms with van der Waals surface area (Å²) in [4.78, 5) is 0. The zero-order valence-corrected chi connectivity index (χ0v) is 12.5. The van der Waals surface area contributed by atoms with E-state index in [0.29, 0.717) is 24.3 Å². The molecule has 1 atom stereocenters. The van der Waals surface area contributed by atoms with Crippen molar-refractivity contribution in [3.8, 4) is 0 Å². The highest BCUT2D eigenvalue weighted by Crippen LogP contribution is 2.25. The molecule has 0 amide bonds. The van der Waals surface area contributed by atoms with Crippen LogP contribution in [0.4, 0.5) is 0 Å². The molecule has 2 N–H and O–H groups in total. The van der Waals surface area contributed by atoms with Gasteiger partial charge in [-0.05, 0) is 44.6 Å². The lowest BCUT2D eigenvalue weighted by Gasteiger charge is -2.13. The molecule has 1 aliphatic heterocycles. The predicted molar refractivity (Wildman–Crippen MR) is 76.6 cm³/mol. The maximum atomic E-state index is 11.8. The van der Waals surface area contributed by atoms with Crippen molar-refractivity contribution in [1.82, 2.24) is 10.0 Å². The van der Waals surface area contributed by atoms with Crippen LogP contribution in [0.3, 0.4) is 0 Å². The summed E-state index contributed by atoms with van der Waals surface area (Å²) in [6.07, 6.45) is 7.91. The largest absolute Gasteiger partial charge is 0.314 e. The van der Waals surface area contributed by atoms with Crippen molar-refractivity contribution in [2.45, 2.75) is 51.0 Å². The van der Waals surface area contributed by atoms with Crippen LogP contribution < -0.4 is 10.0 Å². The second kappa shape index (κ2) is 7.68. The lowest BCUT2D eigenvalue weighted by Crippen LogP contribution is -2.33. The molecular weight excluding hydrogens is 272 g/mol. The van der Waals surface area contributed by atoms with Crippen LogP contribution in [0.5, 0.6) is 0 Å². The first kappa shape index (κ1) is 16.2. The van der Waals surface area contributed by atoms with Gasteiger partial charge >= 0.3 is 0 Å². The Morgan fingerprint density at radius 2 is 1.83 bits per heavy atom. The third-order valence-corrected chi connectivity index (χ3v) is 5.46. The predicted octanol–water partition coefficient (Wildman–Crippen LogP) is 1.66. The van der Waals surface area contributed by atoms with E-state index in [1.54, 1.807) is 0 Å². The first-order chi connectivity index (χ1) is 8.16. The molecule has 1 saturated carbocycles. The third kappa shape index (κ3) is 5.43.